The SMILES string of the molecule is CCN(CC)c1ccc(N2C(=O)C(=O)/C(=C(\O)c3cccc(Cl)c3)C2c2cccc(OC)c2)cc1. The summed E-state index contributed by atoms with van der Waals surface area (Å²) in [5, 5.41) is 11.6. The number of ether oxygens (including phenoxy) is 1. The fourth-order valence-corrected chi connectivity index (χ4v) is 4.62. The quantitative estimate of drug-likeness (QED) is 0.257. The van der Waals surface area contributed by atoms with E-state index in [4.69, 9.17) is 16.3 Å². The number of aliphatic hydroxyl groups is 1. The second-order valence-corrected chi connectivity index (χ2v) is 8.58. The van der Waals surface area contributed by atoms with Gasteiger partial charge >= 0.3 is 0 Å². The van der Waals surface area contributed by atoms with Gasteiger partial charge in [0.15, 0.2) is 0 Å². The smallest absolute Gasteiger partial charge is 0.300 e. The molecule has 3 aromatic carbocycles. The van der Waals surface area contributed by atoms with E-state index in [0.29, 0.717) is 27.6 Å². The Morgan fingerprint density at radius 1 is 1.00 bits per heavy atom. The van der Waals surface area contributed by atoms with E-state index in [1.807, 2.05) is 30.3 Å². The number of methoxy groups -OCH3 is 1. The van der Waals surface area contributed by atoms with Crippen molar-refractivity contribution in [3.63, 3.8) is 0 Å². The number of carbonyl (C=O) groups is 2. The van der Waals surface area contributed by atoms with Crippen molar-refractivity contribution in [1.29, 1.82) is 0 Å². The van der Waals surface area contributed by atoms with Crippen LogP contribution in [-0.2, 0) is 9.59 Å². The van der Waals surface area contributed by atoms with Crippen molar-refractivity contribution in [2.45, 2.75) is 19.9 Å². The molecule has 3 aromatic rings. The number of anilines is 2. The first-order valence-electron chi connectivity index (χ1n) is 11.5. The lowest BCUT2D eigenvalue weighted by atomic mass is 9.95. The van der Waals surface area contributed by atoms with Crippen LogP contribution < -0.4 is 14.5 Å². The first-order chi connectivity index (χ1) is 16.9. The van der Waals surface area contributed by atoms with E-state index in [2.05, 4.69) is 18.7 Å². The van der Waals surface area contributed by atoms with E-state index < -0.39 is 17.7 Å². The number of halogens is 1. The van der Waals surface area contributed by atoms with E-state index >= 15 is 0 Å². The molecule has 0 aromatic heterocycles. The van der Waals surface area contributed by atoms with Gasteiger partial charge in [0.25, 0.3) is 11.7 Å². The molecule has 1 saturated heterocycles. The van der Waals surface area contributed by atoms with Gasteiger partial charge in [0.1, 0.15) is 11.5 Å². The Morgan fingerprint density at radius 2 is 1.69 bits per heavy atom. The molecule has 7 heteroatoms. The summed E-state index contributed by atoms with van der Waals surface area (Å²) in [5.74, 6) is -1.17. The Bertz CT molecular complexity index is 1280. The van der Waals surface area contributed by atoms with Crippen LogP contribution in [0.3, 0.4) is 0 Å². The maximum absolute atomic E-state index is 13.4. The van der Waals surface area contributed by atoms with Crippen LogP contribution in [0.5, 0.6) is 5.75 Å². The third-order valence-corrected chi connectivity index (χ3v) is 6.44. The molecule has 1 aliphatic rings. The fourth-order valence-electron chi connectivity index (χ4n) is 4.43. The van der Waals surface area contributed by atoms with Gasteiger partial charge in [-0.05, 0) is 67.9 Å². The number of aliphatic hydroxyl groups excluding tert-OH is 1. The number of Topliss-reactive ketones (excluding diaryl/α,β-unsaturated/α-hetero) is 1. The summed E-state index contributed by atoms with van der Waals surface area (Å²) in [5.41, 5.74) is 2.58. The number of carbonyl (C=O) groups excluding carboxylic acids is 2. The standard InChI is InChI=1S/C28H27ClN2O4/c1-4-30(5-2)21-12-14-22(15-13-21)31-25(18-8-7-11-23(17-18)35-3)24(27(33)28(31)34)26(32)19-9-6-10-20(29)16-19/h6-17,25,32H,4-5H2,1-3H3/b26-24-. The highest BCUT2D eigenvalue weighted by molar-refractivity contribution is 6.51. The van der Waals surface area contributed by atoms with E-state index in [-0.39, 0.29) is 11.3 Å². The predicted molar refractivity (Wildman–Crippen MR) is 139 cm³/mol. The molecular weight excluding hydrogens is 464 g/mol. The van der Waals surface area contributed by atoms with Gasteiger partial charge in [-0.1, -0.05) is 35.9 Å². The van der Waals surface area contributed by atoms with Crippen molar-refractivity contribution in [3.8, 4) is 5.75 Å². The number of amides is 1. The lowest BCUT2D eigenvalue weighted by Crippen LogP contribution is -2.29. The number of hydrogen-bond donors (Lipinski definition) is 1. The van der Waals surface area contributed by atoms with Crippen LogP contribution in [-0.4, -0.2) is 37.0 Å². The Labute approximate surface area is 210 Å². The molecule has 0 radical (unpaired) electrons. The topological polar surface area (TPSA) is 70.1 Å². The molecule has 1 heterocycles. The third kappa shape index (κ3) is 4.62. The van der Waals surface area contributed by atoms with Crippen molar-refractivity contribution in [1.82, 2.24) is 0 Å². The third-order valence-electron chi connectivity index (χ3n) is 6.21. The molecule has 6 nitrogen and oxygen atoms in total. The molecule has 0 saturated carbocycles. The normalized spacial score (nSPS) is 17.0. The summed E-state index contributed by atoms with van der Waals surface area (Å²) >= 11 is 6.13. The largest absolute Gasteiger partial charge is 0.507 e. The van der Waals surface area contributed by atoms with E-state index in [1.54, 1.807) is 49.6 Å². The zero-order chi connectivity index (χ0) is 25.1. The van der Waals surface area contributed by atoms with Gasteiger partial charge < -0.3 is 14.7 Å². The Balaban J connectivity index is 1.89. The highest BCUT2D eigenvalue weighted by Crippen LogP contribution is 2.43. The van der Waals surface area contributed by atoms with Gasteiger partial charge in [-0.25, -0.2) is 0 Å². The summed E-state index contributed by atoms with van der Waals surface area (Å²) in [6.45, 7) is 5.86. The van der Waals surface area contributed by atoms with Crippen LogP contribution in [0.4, 0.5) is 11.4 Å². The van der Waals surface area contributed by atoms with Crippen molar-refractivity contribution < 1.29 is 19.4 Å². The van der Waals surface area contributed by atoms with Crippen molar-refractivity contribution >= 4 is 40.4 Å². The summed E-state index contributed by atoms with van der Waals surface area (Å²) in [4.78, 5) is 30.3. The highest BCUT2D eigenvalue weighted by atomic mass is 35.5. The first-order valence-corrected chi connectivity index (χ1v) is 11.8. The van der Waals surface area contributed by atoms with Crippen molar-refractivity contribution in [2.24, 2.45) is 0 Å². The second kappa shape index (κ2) is 10.2. The minimum absolute atomic E-state index is 0.00154. The molecule has 0 bridgehead atoms. The molecular formula is C28H27ClN2O4. The fraction of sp³-hybridized carbons (Fsp3) is 0.214. The Hall–Kier alpha value is -3.77. The lowest BCUT2D eigenvalue weighted by molar-refractivity contribution is -0.132. The van der Waals surface area contributed by atoms with Gasteiger partial charge in [-0.15, -0.1) is 0 Å². The summed E-state index contributed by atoms with van der Waals surface area (Å²) < 4.78 is 5.38. The molecule has 1 amide bonds. The summed E-state index contributed by atoms with van der Waals surface area (Å²) in [6.07, 6.45) is 0. The molecule has 4 rings (SSSR count). The number of rotatable bonds is 7. The molecule has 1 fully saturated rings. The maximum atomic E-state index is 13.4. The van der Waals surface area contributed by atoms with E-state index in [9.17, 15) is 14.7 Å². The second-order valence-electron chi connectivity index (χ2n) is 8.14. The molecule has 35 heavy (non-hydrogen) atoms. The maximum Gasteiger partial charge on any atom is 0.300 e. The van der Waals surface area contributed by atoms with Crippen LogP contribution in [0.15, 0.2) is 78.4 Å². The van der Waals surface area contributed by atoms with E-state index in [1.165, 1.54) is 4.90 Å². The van der Waals surface area contributed by atoms with Gasteiger partial charge in [-0.2, -0.15) is 0 Å². The Morgan fingerprint density at radius 3 is 2.31 bits per heavy atom. The molecule has 1 N–H and O–H groups in total. The molecule has 1 unspecified atom stereocenters. The summed E-state index contributed by atoms with van der Waals surface area (Å²) in [7, 11) is 1.55. The zero-order valence-corrected chi connectivity index (χ0v) is 20.6. The van der Waals surface area contributed by atoms with Gasteiger partial charge in [-0.3, -0.25) is 14.5 Å². The van der Waals surface area contributed by atoms with Crippen LogP contribution in [0.1, 0.15) is 31.0 Å². The number of nitrogens with zero attached hydrogens (tertiary/aromatic N) is 2. The molecule has 0 spiro atoms. The minimum Gasteiger partial charge on any atom is -0.507 e. The molecule has 0 aliphatic carbocycles. The first kappa shape index (κ1) is 24.4. The average Bonchev–Trinajstić information content (AvgIpc) is 3.15. The number of hydrogen-bond acceptors (Lipinski definition) is 5. The van der Waals surface area contributed by atoms with Crippen LogP contribution in [0.25, 0.3) is 5.76 Å². The number of ketones is 1. The highest BCUT2D eigenvalue weighted by Gasteiger charge is 2.47. The van der Waals surface area contributed by atoms with Crippen molar-refractivity contribution in [3.05, 3.63) is 94.5 Å². The minimum atomic E-state index is -0.844. The predicted octanol–water partition coefficient (Wildman–Crippen LogP) is 5.82. The van der Waals surface area contributed by atoms with Crippen LogP contribution in [0.2, 0.25) is 5.02 Å². The molecule has 180 valence electrons. The zero-order valence-electron chi connectivity index (χ0n) is 19.9. The van der Waals surface area contributed by atoms with Gasteiger partial charge in [0, 0.05) is 35.1 Å². The Kier molecular flexibility index (Phi) is 7.12. The van der Waals surface area contributed by atoms with E-state index in [0.717, 1.165) is 18.8 Å². The monoisotopic (exact) mass is 490 g/mol. The van der Waals surface area contributed by atoms with Crippen LogP contribution >= 0.6 is 11.6 Å². The van der Waals surface area contributed by atoms with Crippen molar-refractivity contribution in [2.75, 3.05) is 30.0 Å². The van der Waals surface area contributed by atoms with Crippen LogP contribution in [0, 0.1) is 0 Å². The lowest BCUT2D eigenvalue weighted by Gasteiger charge is -2.27. The number of benzene rings is 3. The van der Waals surface area contributed by atoms with Gasteiger partial charge in [0.2, 0.25) is 0 Å². The average molecular weight is 491 g/mol. The summed E-state index contributed by atoms with van der Waals surface area (Å²) in [6, 6.07) is 20.4. The van der Waals surface area contributed by atoms with Gasteiger partial charge in [0.05, 0.1) is 18.7 Å². The molecule has 1 aliphatic heterocycles. The molecule has 1 atom stereocenters.